The smallest absolute Gasteiger partial charge is 0.127 e. The summed E-state index contributed by atoms with van der Waals surface area (Å²) in [6.45, 7) is 8.10. The van der Waals surface area contributed by atoms with Gasteiger partial charge in [-0.1, -0.05) is 32.4 Å². The molecule has 118 valence electrons. The molecule has 1 aromatic rings. The van der Waals surface area contributed by atoms with E-state index in [9.17, 15) is 4.39 Å². The van der Waals surface area contributed by atoms with Crippen molar-refractivity contribution in [1.82, 2.24) is 10.2 Å². The van der Waals surface area contributed by atoms with Crippen LogP contribution in [-0.4, -0.2) is 24.0 Å². The molecular weight excluding hydrogens is 263 g/mol. The predicted octanol–water partition coefficient (Wildman–Crippen LogP) is 4.09. The first kappa shape index (κ1) is 16.4. The maximum atomic E-state index is 14.1. The summed E-state index contributed by atoms with van der Waals surface area (Å²) in [5.74, 6) is -0.0605. The van der Waals surface area contributed by atoms with Gasteiger partial charge < -0.3 is 5.32 Å². The number of hydrogen-bond acceptors (Lipinski definition) is 2. The van der Waals surface area contributed by atoms with Crippen molar-refractivity contribution < 1.29 is 4.39 Å². The van der Waals surface area contributed by atoms with E-state index in [0.29, 0.717) is 6.04 Å². The van der Waals surface area contributed by atoms with Crippen LogP contribution in [0.5, 0.6) is 0 Å². The van der Waals surface area contributed by atoms with E-state index in [2.05, 4.69) is 24.1 Å². The second-order valence-corrected chi connectivity index (χ2v) is 6.13. The molecule has 1 aliphatic heterocycles. The highest BCUT2D eigenvalue weighted by atomic mass is 19.1. The van der Waals surface area contributed by atoms with Crippen LogP contribution < -0.4 is 5.32 Å². The highest BCUT2D eigenvalue weighted by molar-refractivity contribution is 5.25. The van der Waals surface area contributed by atoms with E-state index in [1.54, 1.807) is 6.07 Å². The molecule has 0 amide bonds. The molecule has 0 aromatic heterocycles. The first-order chi connectivity index (χ1) is 10.2. The van der Waals surface area contributed by atoms with E-state index in [1.807, 2.05) is 12.1 Å². The Kier molecular flexibility index (Phi) is 6.65. The Hall–Kier alpha value is -0.930. The number of nitrogens with one attached hydrogen (secondary N) is 1. The predicted molar refractivity (Wildman–Crippen MR) is 86.7 cm³/mol. The molecule has 1 N–H and O–H groups in total. The molecule has 1 saturated heterocycles. The van der Waals surface area contributed by atoms with Crippen LogP contribution in [0.4, 0.5) is 4.39 Å². The molecule has 1 aromatic carbocycles. The molecule has 3 heteroatoms. The van der Waals surface area contributed by atoms with Crippen LogP contribution in [0.2, 0.25) is 0 Å². The minimum atomic E-state index is -0.0605. The quantitative estimate of drug-likeness (QED) is 0.761. The molecule has 0 saturated carbocycles. The zero-order valence-corrected chi connectivity index (χ0v) is 13.5. The van der Waals surface area contributed by atoms with Crippen molar-refractivity contribution in [2.45, 2.75) is 65.1 Å². The van der Waals surface area contributed by atoms with Gasteiger partial charge in [0.15, 0.2) is 0 Å². The molecule has 0 bridgehead atoms. The monoisotopic (exact) mass is 292 g/mol. The minimum Gasteiger partial charge on any atom is -0.313 e. The SMILES string of the molecule is CCCNCc1ccc(F)c(CN2CCCCC2CC)c1. The number of nitrogens with zero attached hydrogens (tertiary/aromatic N) is 1. The third kappa shape index (κ3) is 4.79. The van der Waals surface area contributed by atoms with Crippen LogP contribution in [0.15, 0.2) is 18.2 Å². The third-order valence-corrected chi connectivity index (χ3v) is 4.46. The molecule has 2 nitrogen and oxygen atoms in total. The van der Waals surface area contributed by atoms with Gasteiger partial charge in [-0.05, 0) is 50.4 Å². The normalized spacial score (nSPS) is 19.9. The van der Waals surface area contributed by atoms with Gasteiger partial charge in [-0.15, -0.1) is 0 Å². The highest BCUT2D eigenvalue weighted by Crippen LogP contribution is 2.23. The van der Waals surface area contributed by atoms with Gasteiger partial charge in [0.1, 0.15) is 5.82 Å². The lowest BCUT2D eigenvalue weighted by atomic mass is 9.99. The van der Waals surface area contributed by atoms with Gasteiger partial charge in [-0.25, -0.2) is 4.39 Å². The van der Waals surface area contributed by atoms with Crippen molar-refractivity contribution in [3.8, 4) is 0 Å². The van der Waals surface area contributed by atoms with E-state index >= 15 is 0 Å². The van der Waals surface area contributed by atoms with Gasteiger partial charge in [-0.3, -0.25) is 4.90 Å². The average Bonchev–Trinajstić information content (AvgIpc) is 2.51. The zero-order valence-electron chi connectivity index (χ0n) is 13.5. The Morgan fingerprint density at radius 1 is 1.29 bits per heavy atom. The van der Waals surface area contributed by atoms with Crippen LogP contribution in [0.3, 0.4) is 0 Å². The molecule has 1 unspecified atom stereocenters. The summed E-state index contributed by atoms with van der Waals surface area (Å²) in [7, 11) is 0. The molecule has 0 radical (unpaired) electrons. The number of likely N-dealkylation sites (tertiary alicyclic amines) is 1. The van der Waals surface area contributed by atoms with E-state index in [4.69, 9.17) is 0 Å². The van der Waals surface area contributed by atoms with Crippen LogP contribution in [0.25, 0.3) is 0 Å². The van der Waals surface area contributed by atoms with Crippen molar-refractivity contribution >= 4 is 0 Å². The fraction of sp³-hybridized carbons (Fsp3) is 0.667. The summed E-state index contributed by atoms with van der Waals surface area (Å²) in [4.78, 5) is 2.46. The Bertz CT molecular complexity index is 433. The van der Waals surface area contributed by atoms with Gasteiger partial charge >= 0.3 is 0 Å². The molecule has 1 aliphatic rings. The molecule has 21 heavy (non-hydrogen) atoms. The first-order valence-electron chi connectivity index (χ1n) is 8.46. The lowest BCUT2D eigenvalue weighted by Gasteiger charge is -2.35. The number of rotatable bonds is 7. The summed E-state index contributed by atoms with van der Waals surface area (Å²) in [5, 5.41) is 3.39. The first-order valence-corrected chi connectivity index (χ1v) is 8.46. The van der Waals surface area contributed by atoms with Crippen molar-refractivity contribution in [3.05, 3.63) is 35.1 Å². The molecule has 1 heterocycles. The van der Waals surface area contributed by atoms with Crippen molar-refractivity contribution in [2.24, 2.45) is 0 Å². The summed E-state index contributed by atoms with van der Waals surface area (Å²) in [6, 6.07) is 6.19. The van der Waals surface area contributed by atoms with Crippen molar-refractivity contribution in [3.63, 3.8) is 0 Å². The standard InChI is InChI=1S/C18H29FN2/c1-3-10-20-13-15-8-9-18(19)16(12-15)14-21-11-6-5-7-17(21)4-2/h8-9,12,17,20H,3-7,10-11,13-14H2,1-2H3. The number of halogens is 1. The molecule has 0 aliphatic carbocycles. The largest absolute Gasteiger partial charge is 0.313 e. The van der Waals surface area contributed by atoms with Gasteiger partial charge in [-0.2, -0.15) is 0 Å². The fourth-order valence-corrected chi connectivity index (χ4v) is 3.22. The van der Waals surface area contributed by atoms with Crippen molar-refractivity contribution in [2.75, 3.05) is 13.1 Å². The van der Waals surface area contributed by atoms with Gasteiger partial charge in [0.05, 0.1) is 0 Å². The van der Waals surface area contributed by atoms with E-state index in [0.717, 1.165) is 38.2 Å². The lowest BCUT2D eigenvalue weighted by Crippen LogP contribution is -2.38. The van der Waals surface area contributed by atoms with Crippen LogP contribution in [0, 0.1) is 5.82 Å². The average molecular weight is 292 g/mol. The second kappa shape index (κ2) is 8.50. The highest BCUT2D eigenvalue weighted by Gasteiger charge is 2.21. The Labute approximate surface area is 128 Å². The molecule has 1 atom stereocenters. The van der Waals surface area contributed by atoms with Gasteiger partial charge in [0.2, 0.25) is 0 Å². The number of piperidine rings is 1. The maximum absolute atomic E-state index is 14.1. The van der Waals surface area contributed by atoms with Crippen LogP contribution >= 0.6 is 0 Å². The van der Waals surface area contributed by atoms with E-state index in [-0.39, 0.29) is 5.82 Å². The Morgan fingerprint density at radius 2 is 2.14 bits per heavy atom. The van der Waals surface area contributed by atoms with E-state index < -0.39 is 0 Å². The van der Waals surface area contributed by atoms with Crippen LogP contribution in [-0.2, 0) is 13.1 Å². The summed E-state index contributed by atoms with van der Waals surface area (Å²) in [6.07, 6.45) is 6.11. The number of hydrogen-bond donors (Lipinski definition) is 1. The van der Waals surface area contributed by atoms with Crippen LogP contribution in [0.1, 0.15) is 57.1 Å². The van der Waals surface area contributed by atoms with Crippen molar-refractivity contribution in [1.29, 1.82) is 0 Å². The minimum absolute atomic E-state index is 0.0605. The molecule has 2 rings (SSSR count). The Balaban J connectivity index is 2.02. The van der Waals surface area contributed by atoms with Gasteiger partial charge in [0, 0.05) is 24.7 Å². The Morgan fingerprint density at radius 3 is 2.90 bits per heavy atom. The summed E-state index contributed by atoms with van der Waals surface area (Å²) < 4.78 is 14.1. The summed E-state index contributed by atoms with van der Waals surface area (Å²) in [5.41, 5.74) is 2.04. The zero-order chi connectivity index (χ0) is 15.1. The third-order valence-electron chi connectivity index (χ3n) is 4.46. The maximum Gasteiger partial charge on any atom is 0.127 e. The molecule has 1 fully saturated rings. The van der Waals surface area contributed by atoms with E-state index in [1.165, 1.54) is 31.2 Å². The summed E-state index contributed by atoms with van der Waals surface area (Å²) >= 11 is 0. The molecular formula is C18H29FN2. The topological polar surface area (TPSA) is 15.3 Å². The lowest BCUT2D eigenvalue weighted by molar-refractivity contribution is 0.134. The number of benzene rings is 1. The second-order valence-electron chi connectivity index (χ2n) is 6.13. The van der Waals surface area contributed by atoms with Gasteiger partial charge in [0.25, 0.3) is 0 Å². The fourth-order valence-electron chi connectivity index (χ4n) is 3.22. The molecule has 0 spiro atoms.